The maximum absolute atomic E-state index is 13.4. The number of carbonyl (C=O) groups excluding carboxylic acids is 1. The lowest BCUT2D eigenvalue weighted by atomic mass is 10.2. The van der Waals surface area contributed by atoms with E-state index in [-0.39, 0.29) is 30.3 Å². The summed E-state index contributed by atoms with van der Waals surface area (Å²) < 4.78 is 18.1. The van der Waals surface area contributed by atoms with Gasteiger partial charge in [-0.25, -0.2) is 4.39 Å². The molecule has 0 saturated carbocycles. The van der Waals surface area contributed by atoms with Gasteiger partial charge in [-0.2, -0.15) is 0 Å². The van der Waals surface area contributed by atoms with Crippen LogP contribution in [0.15, 0.2) is 18.2 Å². The first kappa shape index (κ1) is 13.9. The highest BCUT2D eigenvalue weighted by Crippen LogP contribution is 2.20. The zero-order chi connectivity index (χ0) is 13.5. The van der Waals surface area contributed by atoms with Gasteiger partial charge in [-0.15, -0.1) is 0 Å². The molecule has 0 aliphatic heterocycles. The number of benzene rings is 1. The van der Waals surface area contributed by atoms with Crippen molar-refractivity contribution >= 4 is 17.3 Å². The summed E-state index contributed by atoms with van der Waals surface area (Å²) in [4.78, 5) is 20.7. The quantitative estimate of drug-likeness (QED) is 0.479. The smallest absolute Gasteiger partial charge is 0.307 e. The Morgan fingerprint density at radius 3 is 2.83 bits per heavy atom. The number of non-ortho nitro benzene ring substituents is 1. The summed E-state index contributed by atoms with van der Waals surface area (Å²) in [6, 6.07) is 3.28. The topological polar surface area (TPSA) is 81.5 Å². The molecule has 1 aromatic carbocycles. The lowest BCUT2D eigenvalue weighted by molar-refractivity contribution is -0.385. The number of rotatable bonds is 6. The molecule has 0 atom stereocenters. The Morgan fingerprint density at radius 1 is 1.56 bits per heavy atom. The Balaban J connectivity index is 2.53. The first-order valence-electron chi connectivity index (χ1n) is 5.38. The monoisotopic (exact) mass is 256 g/mol. The molecule has 7 heteroatoms. The number of nitro benzene ring substituents is 1. The zero-order valence-corrected chi connectivity index (χ0v) is 9.81. The first-order valence-corrected chi connectivity index (χ1v) is 5.38. The summed E-state index contributed by atoms with van der Waals surface area (Å²) >= 11 is 0. The van der Waals surface area contributed by atoms with Crippen LogP contribution in [0.4, 0.5) is 15.8 Å². The van der Waals surface area contributed by atoms with Crippen molar-refractivity contribution in [2.75, 3.05) is 18.5 Å². The van der Waals surface area contributed by atoms with Gasteiger partial charge in [-0.05, 0) is 13.0 Å². The number of hydrogen-bond acceptors (Lipinski definition) is 5. The van der Waals surface area contributed by atoms with Crippen LogP contribution in [0, 0.1) is 15.9 Å². The summed E-state index contributed by atoms with van der Waals surface area (Å²) in [5.74, 6) is -1.11. The third-order valence-electron chi connectivity index (χ3n) is 2.11. The Hall–Kier alpha value is -2.18. The van der Waals surface area contributed by atoms with Crippen LogP contribution in [0.2, 0.25) is 0 Å². The molecule has 0 fully saturated rings. The number of ether oxygens (including phenoxy) is 1. The molecule has 0 bridgehead atoms. The van der Waals surface area contributed by atoms with Crippen molar-refractivity contribution in [3.8, 4) is 0 Å². The number of carbonyl (C=O) groups is 1. The standard InChI is InChI=1S/C11H13FN2O4/c1-2-18-11(15)5-6-13-10-4-3-8(14(16)17)7-9(10)12/h3-4,7,13H,2,5-6H2,1H3. The summed E-state index contributed by atoms with van der Waals surface area (Å²) in [6.07, 6.45) is 0.101. The molecular weight excluding hydrogens is 243 g/mol. The van der Waals surface area contributed by atoms with Crippen LogP contribution in [-0.4, -0.2) is 24.0 Å². The van der Waals surface area contributed by atoms with E-state index in [2.05, 4.69) is 5.32 Å². The van der Waals surface area contributed by atoms with Gasteiger partial charge in [-0.1, -0.05) is 0 Å². The van der Waals surface area contributed by atoms with E-state index >= 15 is 0 Å². The van der Waals surface area contributed by atoms with Gasteiger partial charge in [-0.3, -0.25) is 14.9 Å². The molecule has 1 N–H and O–H groups in total. The maximum atomic E-state index is 13.4. The summed E-state index contributed by atoms with van der Waals surface area (Å²) in [7, 11) is 0. The Labute approximate surface area is 103 Å². The van der Waals surface area contributed by atoms with E-state index in [4.69, 9.17) is 4.74 Å². The molecule has 0 aromatic heterocycles. The molecule has 98 valence electrons. The van der Waals surface area contributed by atoms with Crippen LogP contribution in [0.25, 0.3) is 0 Å². The number of esters is 1. The molecule has 0 radical (unpaired) electrons. The van der Waals surface area contributed by atoms with Gasteiger partial charge < -0.3 is 10.1 Å². The van der Waals surface area contributed by atoms with E-state index in [1.165, 1.54) is 12.1 Å². The molecule has 0 heterocycles. The van der Waals surface area contributed by atoms with Crippen LogP contribution < -0.4 is 5.32 Å². The van der Waals surface area contributed by atoms with Crippen LogP contribution in [0.3, 0.4) is 0 Å². The minimum absolute atomic E-state index is 0.101. The molecule has 0 saturated heterocycles. The molecule has 0 amide bonds. The van der Waals surface area contributed by atoms with Gasteiger partial charge in [0, 0.05) is 12.6 Å². The third kappa shape index (κ3) is 4.00. The van der Waals surface area contributed by atoms with E-state index in [0.29, 0.717) is 6.61 Å². The largest absolute Gasteiger partial charge is 0.466 e. The van der Waals surface area contributed by atoms with Crippen molar-refractivity contribution in [3.63, 3.8) is 0 Å². The number of hydrogen-bond donors (Lipinski definition) is 1. The first-order chi connectivity index (χ1) is 8.54. The second-order valence-corrected chi connectivity index (χ2v) is 3.40. The molecule has 1 rings (SSSR count). The van der Waals surface area contributed by atoms with Crippen LogP contribution in [-0.2, 0) is 9.53 Å². The summed E-state index contributed by atoms with van der Waals surface area (Å²) in [5.41, 5.74) is -0.201. The fourth-order valence-electron chi connectivity index (χ4n) is 1.29. The number of anilines is 1. The number of nitrogens with one attached hydrogen (secondary N) is 1. The Morgan fingerprint density at radius 2 is 2.28 bits per heavy atom. The fourth-order valence-corrected chi connectivity index (χ4v) is 1.29. The van der Waals surface area contributed by atoms with Crippen molar-refractivity contribution in [2.45, 2.75) is 13.3 Å². The molecule has 0 aliphatic rings. The van der Waals surface area contributed by atoms with Crippen LogP contribution in [0.1, 0.15) is 13.3 Å². The van der Waals surface area contributed by atoms with Gasteiger partial charge in [0.15, 0.2) is 5.82 Å². The second-order valence-electron chi connectivity index (χ2n) is 3.40. The highest BCUT2D eigenvalue weighted by molar-refractivity contribution is 5.70. The van der Waals surface area contributed by atoms with Gasteiger partial charge in [0.25, 0.3) is 5.69 Å². The average Bonchev–Trinajstić information content (AvgIpc) is 2.31. The predicted octanol–water partition coefficient (Wildman–Crippen LogP) is 2.10. The van der Waals surface area contributed by atoms with E-state index < -0.39 is 10.7 Å². The molecule has 0 unspecified atom stereocenters. The SMILES string of the molecule is CCOC(=O)CCNc1ccc([N+](=O)[O-])cc1F. The van der Waals surface area contributed by atoms with E-state index in [1.807, 2.05) is 0 Å². The van der Waals surface area contributed by atoms with Crippen LogP contribution >= 0.6 is 0 Å². The van der Waals surface area contributed by atoms with Gasteiger partial charge >= 0.3 is 5.97 Å². The summed E-state index contributed by atoms with van der Waals surface area (Å²) in [6.45, 7) is 2.19. The highest BCUT2D eigenvalue weighted by Gasteiger charge is 2.10. The average molecular weight is 256 g/mol. The minimum Gasteiger partial charge on any atom is -0.466 e. The Bertz CT molecular complexity index is 451. The number of nitro groups is 1. The van der Waals surface area contributed by atoms with Gasteiger partial charge in [0.05, 0.1) is 29.7 Å². The van der Waals surface area contributed by atoms with E-state index in [9.17, 15) is 19.3 Å². The molecule has 0 aliphatic carbocycles. The highest BCUT2D eigenvalue weighted by atomic mass is 19.1. The van der Waals surface area contributed by atoms with Gasteiger partial charge in [0.1, 0.15) is 0 Å². The number of nitrogens with zero attached hydrogens (tertiary/aromatic N) is 1. The molecular formula is C11H13FN2O4. The third-order valence-corrected chi connectivity index (χ3v) is 2.11. The predicted molar refractivity (Wildman–Crippen MR) is 62.8 cm³/mol. The second kappa shape index (κ2) is 6.53. The van der Waals surface area contributed by atoms with Crippen molar-refractivity contribution in [2.24, 2.45) is 0 Å². The van der Waals surface area contributed by atoms with E-state index in [1.54, 1.807) is 6.92 Å². The normalized spacial score (nSPS) is 9.89. The fraction of sp³-hybridized carbons (Fsp3) is 0.364. The van der Waals surface area contributed by atoms with Crippen molar-refractivity contribution < 1.29 is 18.8 Å². The maximum Gasteiger partial charge on any atom is 0.307 e. The van der Waals surface area contributed by atoms with Gasteiger partial charge in [0.2, 0.25) is 0 Å². The molecule has 18 heavy (non-hydrogen) atoms. The molecule has 1 aromatic rings. The number of halogens is 1. The van der Waals surface area contributed by atoms with Crippen molar-refractivity contribution in [3.05, 3.63) is 34.1 Å². The molecule has 0 spiro atoms. The van der Waals surface area contributed by atoms with Crippen molar-refractivity contribution in [1.82, 2.24) is 0 Å². The minimum atomic E-state index is -0.729. The molecule has 6 nitrogen and oxygen atoms in total. The van der Waals surface area contributed by atoms with E-state index in [0.717, 1.165) is 6.07 Å². The van der Waals surface area contributed by atoms with Crippen LogP contribution in [0.5, 0.6) is 0 Å². The van der Waals surface area contributed by atoms with Crippen molar-refractivity contribution in [1.29, 1.82) is 0 Å². The lowest BCUT2D eigenvalue weighted by Gasteiger charge is -2.06. The zero-order valence-electron chi connectivity index (χ0n) is 9.81. The Kier molecular flexibility index (Phi) is 5.04. The lowest BCUT2D eigenvalue weighted by Crippen LogP contribution is -2.12. The summed E-state index contributed by atoms with van der Waals surface area (Å²) in [5, 5.41) is 13.1.